The zero-order valence-electron chi connectivity index (χ0n) is 12.6. The van der Waals surface area contributed by atoms with Crippen molar-refractivity contribution in [3.8, 4) is 0 Å². The van der Waals surface area contributed by atoms with Gasteiger partial charge in [0.25, 0.3) is 0 Å². The molecule has 2 aromatic carbocycles. The Balaban J connectivity index is 2.22. The van der Waals surface area contributed by atoms with Crippen molar-refractivity contribution in [1.29, 1.82) is 0 Å². The molecule has 0 aliphatic carbocycles. The number of carbonyl (C=O) groups excluding carboxylic acids is 1. The molecule has 0 spiro atoms. The molecular weight excluding hydrogens is 333 g/mol. The number of nitrogens with two attached hydrogens (primary N) is 1. The van der Waals surface area contributed by atoms with Gasteiger partial charge in [0.2, 0.25) is 0 Å². The normalized spacial score (nSPS) is 10.4. The summed E-state index contributed by atoms with van der Waals surface area (Å²) in [5, 5.41) is 3.42. The number of urea groups is 1. The lowest BCUT2D eigenvalue weighted by Crippen LogP contribution is -2.36. The summed E-state index contributed by atoms with van der Waals surface area (Å²) in [6.45, 7) is 0.859. The highest BCUT2D eigenvalue weighted by atomic mass is 35.5. The number of anilines is 2. The third kappa shape index (κ3) is 4.86. The van der Waals surface area contributed by atoms with Gasteiger partial charge in [-0.1, -0.05) is 35.9 Å². The second kappa shape index (κ2) is 8.77. The Morgan fingerprint density at radius 1 is 1.17 bits per heavy atom. The average molecular weight is 352 g/mol. The van der Waals surface area contributed by atoms with Crippen LogP contribution >= 0.6 is 23.2 Å². The lowest BCUT2D eigenvalue weighted by atomic mass is 10.2. The van der Waals surface area contributed by atoms with Crippen LogP contribution in [-0.2, 0) is 6.54 Å². The molecule has 0 fully saturated rings. The standard InChI is InChI=1S/C17H19Cl2N3O/c18-9-4-10-22(15-8-7-13(12-20)16(19)11-15)17(23)21-14-5-2-1-3-6-14/h1-3,5-8,11H,4,9-10,12,20H2,(H,21,23). The van der Waals surface area contributed by atoms with Gasteiger partial charge in [0.05, 0.1) is 0 Å². The monoisotopic (exact) mass is 351 g/mol. The number of halogens is 2. The molecule has 0 bridgehead atoms. The van der Waals surface area contributed by atoms with Crippen LogP contribution in [-0.4, -0.2) is 18.5 Å². The van der Waals surface area contributed by atoms with Gasteiger partial charge in [0.1, 0.15) is 0 Å². The van der Waals surface area contributed by atoms with E-state index in [-0.39, 0.29) is 6.03 Å². The molecule has 0 saturated carbocycles. The Bertz CT molecular complexity index is 650. The van der Waals surface area contributed by atoms with Crippen molar-refractivity contribution >= 4 is 40.6 Å². The fourth-order valence-corrected chi connectivity index (χ4v) is 2.52. The van der Waals surface area contributed by atoms with E-state index in [2.05, 4.69) is 5.32 Å². The molecule has 4 nitrogen and oxygen atoms in total. The summed E-state index contributed by atoms with van der Waals surface area (Å²) < 4.78 is 0. The molecule has 2 rings (SSSR count). The largest absolute Gasteiger partial charge is 0.326 e. The van der Waals surface area contributed by atoms with Gasteiger partial charge in [-0.05, 0) is 36.2 Å². The van der Waals surface area contributed by atoms with E-state index in [1.165, 1.54) is 0 Å². The summed E-state index contributed by atoms with van der Waals surface area (Å²) in [6, 6.07) is 14.5. The van der Waals surface area contributed by atoms with Crippen molar-refractivity contribution in [3.63, 3.8) is 0 Å². The fraction of sp³-hybridized carbons (Fsp3) is 0.235. The molecule has 3 N–H and O–H groups in total. The Morgan fingerprint density at radius 3 is 2.52 bits per heavy atom. The van der Waals surface area contributed by atoms with Crippen molar-refractivity contribution in [3.05, 3.63) is 59.1 Å². The SMILES string of the molecule is NCc1ccc(N(CCCCl)C(=O)Nc2ccccc2)cc1Cl. The summed E-state index contributed by atoms with van der Waals surface area (Å²) in [5.41, 5.74) is 7.92. The number of rotatable bonds is 6. The van der Waals surface area contributed by atoms with E-state index >= 15 is 0 Å². The van der Waals surface area contributed by atoms with Gasteiger partial charge in [0.15, 0.2) is 0 Å². The Morgan fingerprint density at radius 2 is 1.91 bits per heavy atom. The minimum absolute atomic E-state index is 0.224. The lowest BCUT2D eigenvalue weighted by molar-refractivity contribution is 0.257. The summed E-state index contributed by atoms with van der Waals surface area (Å²) in [6.07, 6.45) is 0.681. The number of hydrogen-bond donors (Lipinski definition) is 2. The zero-order chi connectivity index (χ0) is 16.7. The first-order chi connectivity index (χ1) is 11.2. The van der Waals surface area contributed by atoms with Gasteiger partial charge in [-0.3, -0.25) is 4.90 Å². The highest BCUT2D eigenvalue weighted by Crippen LogP contribution is 2.24. The van der Waals surface area contributed by atoms with Crippen LogP contribution in [0.1, 0.15) is 12.0 Å². The molecule has 0 radical (unpaired) electrons. The van der Waals surface area contributed by atoms with E-state index in [0.717, 1.165) is 11.3 Å². The molecule has 0 heterocycles. The highest BCUT2D eigenvalue weighted by molar-refractivity contribution is 6.31. The molecule has 0 aromatic heterocycles. The maximum Gasteiger partial charge on any atom is 0.326 e. The van der Waals surface area contributed by atoms with Crippen molar-refractivity contribution in [1.82, 2.24) is 0 Å². The predicted octanol–water partition coefficient (Wildman–Crippen LogP) is 4.47. The van der Waals surface area contributed by atoms with Gasteiger partial charge in [-0.2, -0.15) is 0 Å². The van der Waals surface area contributed by atoms with Crippen LogP contribution < -0.4 is 16.0 Å². The molecule has 2 amide bonds. The summed E-state index contributed by atoms with van der Waals surface area (Å²) in [7, 11) is 0. The van der Waals surface area contributed by atoms with Gasteiger partial charge in [-0.15, -0.1) is 11.6 Å². The van der Waals surface area contributed by atoms with Crippen LogP contribution in [0.2, 0.25) is 5.02 Å². The molecule has 0 unspecified atom stereocenters. The molecule has 0 saturated heterocycles. The maximum atomic E-state index is 12.6. The first kappa shape index (κ1) is 17.6. The maximum absolute atomic E-state index is 12.6. The van der Waals surface area contributed by atoms with Crippen molar-refractivity contribution in [2.75, 3.05) is 22.6 Å². The molecule has 2 aromatic rings. The molecule has 0 aliphatic rings. The van der Waals surface area contributed by atoms with E-state index < -0.39 is 0 Å². The van der Waals surface area contributed by atoms with Crippen LogP contribution in [0, 0.1) is 0 Å². The minimum atomic E-state index is -0.224. The first-order valence-corrected chi connectivity index (χ1v) is 8.25. The lowest BCUT2D eigenvalue weighted by Gasteiger charge is -2.23. The molecule has 0 aliphatic heterocycles. The van der Waals surface area contributed by atoms with Crippen molar-refractivity contribution in [2.24, 2.45) is 5.73 Å². The van der Waals surface area contributed by atoms with Gasteiger partial charge >= 0.3 is 6.03 Å². The second-order valence-electron chi connectivity index (χ2n) is 4.97. The van der Waals surface area contributed by atoms with Crippen LogP contribution in [0.15, 0.2) is 48.5 Å². The van der Waals surface area contributed by atoms with E-state index in [9.17, 15) is 4.79 Å². The molecule has 6 heteroatoms. The van der Waals surface area contributed by atoms with Crippen LogP contribution in [0.3, 0.4) is 0 Å². The van der Waals surface area contributed by atoms with Crippen LogP contribution in [0.4, 0.5) is 16.2 Å². The number of amides is 2. The molecule has 0 atom stereocenters. The topological polar surface area (TPSA) is 58.4 Å². The quantitative estimate of drug-likeness (QED) is 0.754. The average Bonchev–Trinajstić information content (AvgIpc) is 2.56. The second-order valence-corrected chi connectivity index (χ2v) is 5.76. The third-order valence-corrected chi connectivity index (χ3v) is 3.97. The number of para-hydroxylation sites is 1. The highest BCUT2D eigenvalue weighted by Gasteiger charge is 2.16. The number of hydrogen-bond acceptors (Lipinski definition) is 2. The fourth-order valence-electron chi connectivity index (χ4n) is 2.15. The molecule has 122 valence electrons. The van der Waals surface area contributed by atoms with Crippen molar-refractivity contribution in [2.45, 2.75) is 13.0 Å². The third-order valence-electron chi connectivity index (χ3n) is 3.35. The van der Waals surface area contributed by atoms with E-state index in [1.54, 1.807) is 11.0 Å². The number of benzene rings is 2. The zero-order valence-corrected chi connectivity index (χ0v) is 14.1. The number of carbonyl (C=O) groups is 1. The van der Waals surface area contributed by atoms with Gasteiger partial charge in [-0.25, -0.2) is 4.79 Å². The van der Waals surface area contributed by atoms with E-state index in [1.807, 2.05) is 42.5 Å². The summed E-state index contributed by atoms with van der Waals surface area (Å²) in [5.74, 6) is 0.476. The summed E-state index contributed by atoms with van der Waals surface area (Å²) >= 11 is 12.0. The number of nitrogens with one attached hydrogen (secondary N) is 1. The molecule has 23 heavy (non-hydrogen) atoms. The van der Waals surface area contributed by atoms with E-state index in [0.29, 0.717) is 36.1 Å². The Labute approximate surface area is 146 Å². The van der Waals surface area contributed by atoms with Gasteiger partial charge in [0, 0.05) is 35.4 Å². The van der Waals surface area contributed by atoms with Gasteiger partial charge < -0.3 is 11.1 Å². The number of nitrogens with zero attached hydrogens (tertiary/aromatic N) is 1. The predicted molar refractivity (Wildman–Crippen MR) is 97.5 cm³/mol. The first-order valence-electron chi connectivity index (χ1n) is 7.33. The Kier molecular flexibility index (Phi) is 6.71. The molecular formula is C17H19Cl2N3O. The number of alkyl halides is 1. The van der Waals surface area contributed by atoms with Crippen LogP contribution in [0.25, 0.3) is 0 Å². The Hall–Kier alpha value is -1.75. The minimum Gasteiger partial charge on any atom is -0.326 e. The van der Waals surface area contributed by atoms with Crippen LogP contribution in [0.5, 0.6) is 0 Å². The van der Waals surface area contributed by atoms with E-state index in [4.69, 9.17) is 28.9 Å². The summed E-state index contributed by atoms with van der Waals surface area (Å²) in [4.78, 5) is 14.2. The smallest absolute Gasteiger partial charge is 0.326 e. The van der Waals surface area contributed by atoms with Crippen molar-refractivity contribution < 1.29 is 4.79 Å².